The van der Waals surface area contributed by atoms with Gasteiger partial charge in [-0.1, -0.05) is 57.2 Å². The number of amidine groups is 1. The molecule has 0 atom stereocenters. The molecule has 1 N–H and O–H groups in total. The summed E-state index contributed by atoms with van der Waals surface area (Å²) in [7, 11) is 0. The fourth-order valence-corrected chi connectivity index (χ4v) is 3.28. The molecule has 1 aliphatic rings. The van der Waals surface area contributed by atoms with E-state index in [-0.39, 0.29) is 34.9 Å². The van der Waals surface area contributed by atoms with Gasteiger partial charge in [0.15, 0.2) is 5.84 Å². The molecule has 0 aromatic heterocycles. The van der Waals surface area contributed by atoms with Crippen molar-refractivity contribution in [1.29, 1.82) is 0 Å². The van der Waals surface area contributed by atoms with Crippen LogP contribution in [0, 0.1) is 0 Å². The van der Waals surface area contributed by atoms with Crippen LogP contribution in [0.5, 0.6) is 0 Å². The fourth-order valence-electron chi connectivity index (χ4n) is 3.28. The monoisotopic (exact) mass is 418 g/mol. The number of amides is 1. The number of fused-ring (bicyclic) bond motifs is 1. The molecule has 3 rings (SSSR count). The zero-order valence-electron chi connectivity index (χ0n) is 18.4. The van der Waals surface area contributed by atoms with Crippen molar-refractivity contribution in [3.63, 3.8) is 0 Å². The summed E-state index contributed by atoms with van der Waals surface area (Å²) in [6.45, 7) is 9.56. The third-order valence-corrected chi connectivity index (χ3v) is 4.92. The van der Waals surface area contributed by atoms with Crippen LogP contribution in [-0.4, -0.2) is 35.1 Å². The number of hydrogen-bond donors (Lipinski definition) is 1. The van der Waals surface area contributed by atoms with Crippen molar-refractivity contribution >= 4 is 23.4 Å². The minimum atomic E-state index is -0.679. The van der Waals surface area contributed by atoms with Gasteiger partial charge in [-0.15, -0.1) is 0 Å². The number of aliphatic imine (C=N–C) groups is 2. The number of hydrogen-bond acceptors (Lipinski definition) is 4. The summed E-state index contributed by atoms with van der Waals surface area (Å²) >= 11 is 0. The molecule has 0 aliphatic carbocycles. The Morgan fingerprint density at radius 2 is 1.65 bits per heavy atom. The van der Waals surface area contributed by atoms with Crippen molar-refractivity contribution in [2.45, 2.75) is 40.0 Å². The van der Waals surface area contributed by atoms with Crippen molar-refractivity contribution < 1.29 is 19.4 Å². The predicted octanol–water partition coefficient (Wildman–Crippen LogP) is 4.77. The number of allylic oxidation sites excluding steroid dienone is 1. The number of aliphatic hydroxyl groups excluding tert-OH is 1. The summed E-state index contributed by atoms with van der Waals surface area (Å²) in [5.74, 6) is -1.13. The molecule has 6 nitrogen and oxygen atoms in total. The Morgan fingerprint density at radius 3 is 2.19 bits per heavy atom. The van der Waals surface area contributed by atoms with Gasteiger partial charge in [-0.05, 0) is 37.0 Å². The van der Waals surface area contributed by atoms with Crippen molar-refractivity contribution in [3.8, 4) is 0 Å². The molecular weight excluding hydrogens is 392 g/mol. The van der Waals surface area contributed by atoms with Gasteiger partial charge in [0.2, 0.25) is 0 Å². The van der Waals surface area contributed by atoms with Crippen LogP contribution in [0.2, 0.25) is 0 Å². The average Bonchev–Trinajstić information content (AvgIpc) is 3.05. The second-order valence-corrected chi connectivity index (χ2v) is 8.25. The normalized spacial score (nSPS) is 15.3. The molecule has 0 fully saturated rings. The molecule has 1 heterocycles. The molecule has 1 amide bonds. The van der Waals surface area contributed by atoms with Crippen LogP contribution in [-0.2, 0) is 14.9 Å². The van der Waals surface area contributed by atoms with Crippen LogP contribution >= 0.6 is 0 Å². The number of carbonyl (C=O) groups is 2. The first-order valence-corrected chi connectivity index (χ1v) is 10.1. The lowest BCUT2D eigenvalue weighted by molar-refractivity contribution is -0.138. The van der Waals surface area contributed by atoms with Gasteiger partial charge in [0.05, 0.1) is 12.3 Å². The van der Waals surface area contributed by atoms with Crippen LogP contribution in [0.15, 0.2) is 69.8 Å². The Bertz CT molecular complexity index is 1110. The summed E-state index contributed by atoms with van der Waals surface area (Å²) in [5.41, 5.74) is 2.96. The second-order valence-electron chi connectivity index (χ2n) is 8.25. The first-order chi connectivity index (χ1) is 14.6. The van der Waals surface area contributed by atoms with Crippen LogP contribution in [0.1, 0.15) is 61.7 Å². The highest BCUT2D eigenvalue weighted by atomic mass is 16.5. The second kappa shape index (κ2) is 8.68. The minimum absolute atomic E-state index is 0.0188. The lowest BCUT2D eigenvalue weighted by Crippen LogP contribution is -2.18. The van der Waals surface area contributed by atoms with E-state index in [1.54, 1.807) is 43.3 Å². The maximum atomic E-state index is 12.8. The van der Waals surface area contributed by atoms with Gasteiger partial charge in [-0.25, -0.2) is 9.79 Å². The summed E-state index contributed by atoms with van der Waals surface area (Å²) in [6.07, 6.45) is 0. The zero-order valence-corrected chi connectivity index (χ0v) is 18.4. The third kappa shape index (κ3) is 4.63. The van der Waals surface area contributed by atoms with E-state index >= 15 is 0 Å². The van der Waals surface area contributed by atoms with Crippen LogP contribution < -0.4 is 0 Å². The standard InChI is InChI=1S/C25H26N2O4/c1-6-31-24(30)20(15(2)28)21-18-9-7-8-10-19(18)22(26-21)27-23(29)16-11-13-17(14-12-16)25(3,4)5/h7-14,28H,6H2,1-5H3/b20-15+,27-22?. The SMILES string of the molecule is CCOC(=O)/C(C1=NC(=NC(=O)c2ccc(C(C)(C)C)cc2)c2ccccc21)=C(\C)O. The zero-order chi connectivity index (χ0) is 22.8. The summed E-state index contributed by atoms with van der Waals surface area (Å²) in [4.78, 5) is 33.9. The van der Waals surface area contributed by atoms with E-state index in [0.717, 1.165) is 5.56 Å². The van der Waals surface area contributed by atoms with Gasteiger partial charge in [-0.3, -0.25) is 4.79 Å². The topological polar surface area (TPSA) is 88.3 Å². The molecule has 0 bridgehead atoms. The lowest BCUT2D eigenvalue weighted by Gasteiger charge is -2.18. The molecule has 0 saturated heterocycles. The van der Waals surface area contributed by atoms with Crippen LogP contribution in [0.25, 0.3) is 0 Å². The summed E-state index contributed by atoms with van der Waals surface area (Å²) < 4.78 is 5.07. The molecule has 0 saturated carbocycles. The first-order valence-electron chi connectivity index (χ1n) is 10.1. The highest BCUT2D eigenvalue weighted by Crippen LogP contribution is 2.26. The number of esters is 1. The average molecular weight is 418 g/mol. The molecule has 2 aromatic rings. The van der Waals surface area contributed by atoms with Gasteiger partial charge >= 0.3 is 5.97 Å². The van der Waals surface area contributed by atoms with Crippen molar-refractivity contribution in [1.82, 2.24) is 0 Å². The van der Waals surface area contributed by atoms with Crippen LogP contribution in [0.3, 0.4) is 0 Å². The maximum absolute atomic E-state index is 12.8. The minimum Gasteiger partial charge on any atom is -0.512 e. The van der Waals surface area contributed by atoms with Gasteiger partial charge < -0.3 is 9.84 Å². The van der Waals surface area contributed by atoms with E-state index in [4.69, 9.17) is 4.74 Å². The molecule has 31 heavy (non-hydrogen) atoms. The van der Waals surface area contributed by atoms with E-state index in [1.165, 1.54) is 6.92 Å². The van der Waals surface area contributed by atoms with E-state index in [1.807, 2.05) is 12.1 Å². The number of ether oxygens (including phenoxy) is 1. The fraction of sp³-hybridized carbons (Fsp3) is 0.280. The van der Waals surface area contributed by atoms with Gasteiger partial charge in [0, 0.05) is 16.7 Å². The Morgan fingerprint density at radius 1 is 1.03 bits per heavy atom. The van der Waals surface area contributed by atoms with E-state index in [0.29, 0.717) is 16.7 Å². The summed E-state index contributed by atoms with van der Waals surface area (Å²) in [5, 5.41) is 10.1. The number of aliphatic hydroxyl groups is 1. The van der Waals surface area contributed by atoms with Crippen LogP contribution in [0.4, 0.5) is 0 Å². The molecule has 0 radical (unpaired) electrons. The highest BCUT2D eigenvalue weighted by Gasteiger charge is 2.30. The van der Waals surface area contributed by atoms with Crippen molar-refractivity contribution in [2.24, 2.45) is 9.98 Å². The quantitative estimate of drug-likeness (QED) is 0.440. The van der Waals surface area contributed by atoms with Crippen molar-refractivity contribution in [2.75, 3.05) is 6.61 Å². The number of carbonyl (C=O) groups excluding carboxylic acids is 2. The predicted molar refractivity (Wildman–Crippen MR) is 121 cm³/mol. The summed E-state index contributed by atoms with van der Waals surface area (Å²) in [6, 6.07) is 14.5. The molecular formula is C25H26N2O4. The van der Waals surface area contributed by atoms with E-state index < -0.39 is 11.9 Å². The third-order valence-electron chi connectivity index (χ3n) is 4.92. The molecule has 160 valence electrons. The number of rotatable bonds is 4. The molecule has 1 aliphatic heterocycles. The van der Waals surface area contributed by atoms with Gasteiger partial charge in [0.1, 0.15) is 11.3 Å². The molecule has 6 heteroatoms. The Balaban J connectivity index is 2.03. The van der Waals surface area contributed by atoms with Gasteiger partial charge in [-0.2, -0.15) is 4.99 Å². The molecule has 0 spiro atoms. The molecule has 2 aromatic carbocycles. The lowest BCUT2D eigenvalue weighted by atomic mass is 9.87. The Labute approximate surface area is 182 Å². The smallest absolute Gasteiger partial charge is 0.343 e. The Kier molecular flexibility index (Phi) is 6.20. The van der Waals surface area contributed by atoms with E-state index in [9.17, 15) is 14.7 Å². The molecule has 0 unspecified atom stereocenters. The van der Waals surface area contributed by atoms with Gasteiger partial charge in [0.25, 0.3) is 5.91 Å². The van der Waals surface area contributed by atoms with E-state index in [2.05, 4.69) is 30.8 Å². The Hall–Kier alpha value is -3.54. The number of nitrogens with zero attached hydrogens (tertiary/aromatic N) is 2. The highest BCUT2D eigenvalue weighted by molar-refractivity contribution is 6.36. The largest absolute Gasteiger partial charge is 0.512 e. The maximum Gasteiger partial charge on any atom is 0.343 e. The number of benzene rings is 2. The first kappa shape index (κ1) is 22.2. The van der Waals surface area contributed by atoms with Crippen molar-refractivity contribution in [3.05, 3.63) is 82.1 Å².